The normalized spacial score (nSPS) is 13.8. The first-order valence-corrected chi connectivity index (χ1v) is 9.66. The van der Waals surface area contributed by atoms with E-state index in [0.717, 1.165) is 18.5 Å². The van der Waals surface area contributed by atoms with Gasteiger partial charge in [-0.2, -0.15) is 5.10 Å². The predicted molar refractivity (Wildman–Crippen MR) is 101 cm³/mol. The van der Waals surface area contributed by atoms with Crippen LogP contribution in [0.15, 0.2) is 11.1 Å². The van der Waals surface area contributed by atoms with E-state index >= 15 is 0 Å². The van der Waals surface area contributed by atoms with Crippen LogP contribution in [0.3, 0.4) is 0 Å². The van der Waals surface area contributed by atoms with E-state index in [9.17, 15) is 9.59 Å². The Labute approximate surface area is 154 Å². The Kier molecular flexibility index (Phi) is 4.36. The summed E-state index contributed by atoms with van der Waals surface area (Å²) in [6.45, 7) is 2.33. The molecule has 0 radical (unpaired) electrons. The average Bonchev–Trinajstić information content (AvgIpc) is 3.20. The molecule has 0 fully saturated rings. The Hall–Kier alpha value is -2.48. The van der Waals surface area contributed by atoms with Crippen molar-refractivity contribution in [3.63, 3.8) is 0 Å². The van der Waals surface area contributed by atoms with Gasteiger partial charge in [0.05, 0.1) is 22.3 Å². The summed E-state index contributed by atoms with van der Waals surface area (Å²) in [5, 5.41) is 11.0. The van der Waals surface area contributed by atoms with E-state index in [1.54, 1.807) is 14.0 Å². The van der Waals surface area contributed by atoms with Crippen LogP contribution in [0.5, 0.6) is 0 Å². The van der Waals surface area contributed by atoms with Gasteiger partial charge in [0.2, 0.25) is 0 Å². The molecule has 0 bridgehead atoms. The third-order valence-electron chi connectivity index (χ3n) is 5.01. The SMILES string of the molecule is Cc1c(C(=O)NCCc2n[nH]c3c2CCCC3)sc2ncn(C)c(=O)c12. The van der Waals surface area contributed by atoms with E-state index in [2.05, 4.69) is 20.5 Å². The zero-order chi connectivity index (χ0) is 18.3. The monoisotopic (exact) mass is 371 g/mol. The fourth-order valence-electron chi connectivity index (χ4n) is 3.56. The predicted octanol–water partition coefficient (Wildman–Crippen LogP) is 1.88. The number of rotatable bonds is 4. The van der Waals surface area contributed by atoms with Crippen LogP contribution in [0.4, 0.5) is 0 Å². The number of fused-ring (bicyclic) bond motifs is 2. The Balaban J connectivity index is 1.48. The standard InChI is InChI=1S/C18H21N5O2S/c1-10-14-17(20-9-23(2)18(14)25)26-15(10)16(24)19-8-7-13-11-5-3-4-6-12(11)21-22-13/h9H,3-8H2,1-2H3,(H,19,24)(H,21,22). The lowest BCUT2D eigenvalue weighted by atomic mass is 9.95. The summed E-state index contributed by atoms with van der Waals surface area (Å²) in [4.78, 5) is 30.3. The third-order valence-corrected chi connectivity index (χ3v) is 6.20. The molecule has 1 amide bonds. The summed E-state index contributed by atoms with van der Waals surface area (Å²) in [6, 6.07) is 0. The van der Waals surface area contributed by atoms with Gasteiger partial charge >= 0.3 is 0 Å². The maximum Gasteiger partial charge on any atom is 0.262 e. The lowest BCUT2D eigenvalue weighted by molar-refractivity contribution is 0.0957. The average molecular weight is 371 g/mol. The van der Waals surface area contributed by atoms with Gasteiger partial charge < -0.3 is 9.88 Å². The summed E-state index contributed by atoms with van der Waals surface area (Å²) in [7, 11) is 1.66. The lowest BCUT2D eigenvalue weighted by Crippen LogP contribution is -2.26. The van der Waals surface area contributed by atoms with Gasteiger partial charge in [-0.1, -0.05) is 0 Å². The number of carbonyl (C=O) groups is 1. The molecule has 0 aliphatic heterocycles. The van der Waals surface area contributed by atoms with Gasteiger partial charge in [-0.3, -0.25) is 14.7 Å². The van der Waals surface area contributed by atoms with Crippen molar-refractivity contribution in [2.45, 2.75) is 39.0 Å². The number of aryl methyl sites for hydroxylation is 3. The summed E-state index contributed by atoms with van der Waals surface area (Å²) in [5.41, 5.74) is 4.22. The van der Waals surface area contributed by atoms with Crippen LogP contribution >= 0.6 is 11.3 Å². The largest absolute Gasteiger partial charge is 0.351 e. The smallest absolute Gasteiger partial charge is 0.262 e. The zero-order valence-electron chi connectivity index (χ0n) is 14.9. The van der Waals surface area contributed by atoms with Crippen molar-refractivity contribution in [1.29, 1.82) is 0 Å². The highest BCUT2D eigenvalue weighted by Gasteiger charge is 2.20. The van der Waals surface area contributed by atoms with Crippen molar-refractivity contribution in [3.8, 4) is 0 Å². The van der Waals surface area contributed by atoms with E-state index in [1.807, 2.05) is 0 Å². The minimum absolute atomic E-state index is 0.119. The minimum Gasteiger partial charge on any atom is -0.351 e. The Morgan fingerprint density at radius 2 is 2.19 bits per heavy atom. The number of nitrogens with zero attached hydrogens (tertiary/aromatic N) is 3. The van der Waals surface area contributed by atoms with Crippen LogP contribution in [0.25, 0.3) is 10.2 Å². The van der Waals surface area contributed by atoms with E-state index in [-0.39, 0.29) is 11.5 Å². The first-order chi connectivity index (χ1) is 12.6. The zero-order valence-corrected chi connectivity index (χ0v) is 15.7. The Morgan fingerprint density at radius 1 is 1.38 bits per heavy atom. The van der Waals surface area contributed by atoms with Crippen LogP contribution < -0.4 is 10.9 Å². The molecule has 136 valence electrons. The van der Waals surface area contributed by atoms with Gasteiger partial charge in [0.15, 0.2) is 0 Å². The number of carbonyl (C=O) groups excluding carboxylic acids is 1. The molecule has 7 nitrogen and oxygen atoms in total. The number of H-pyrrole nitrogens is 1. The van der Waals surface area contributed by atoms with Gasteiger partial charge in [-0.05, 0) is 43.7 Å². The molecule has 1 aliphatic carbocycles. The molecular weight excluding hydrogens is 350 g/mol. The summed E-state index contributed by atoms with van der Waals surface area (Å²) in [6.07, 6.45) is 6.75. The quantitative estimate of drug-likeness (QED) is 0.732. The van der Waals surface area contributed by atoms with Crippen molar-refractivity contribution < 1.29 is 4.79 Å². The molecule has 0 saturated heterocycles. The number of hydrogen-bond acceptors (Lipinski definition) is 5. The molecule has 3 heterocycles. The number of aromatic amines is 1. The topological polar surface area (TPSA) is 92.7 Å². The van der Waals surface area contributed by atoms with Gasteiger partial charge in [0.25, 0.3) is 11.5 Å². The highest BCUT2D eigenvalue weighted by atomic mass is 32.1. The first-order valence-electron chi connectivity index (χ1n) is 8.84. The van der Waals surface area contributed by atoms with Crippen LogP contribution in [0.1, 0.15) is 45.0 Å². The van der Waals surface area contributed by atoms with Gasteiger partial charge in [0.1, 0.15) is 4.83 Å². The van der Waals surface area contributed by atoms with Gasteiger partial charge in [-0.25, -0.2) is 4.98 Å². The van der Waals surface area contributed by atoms with Crippen molar-refractivity contribution >= 4 is 27.5 Å². The summed E-state index contributed by atoms with van der Waals surface area (Å²) >= 11 is 1.27. The highest BCUT2D eigenvalue weighted by molar-refractivity contribution is 7.20. The second kappa shape index (κ2) is 6.68. The molecule has 0 unspecified atom stereocenters. The third kappa shape index (κ3) is 2.84. The van der Waals surface area contributed by atoms with Crippen LogP contribution in [0.2, 0.25) is 0 Å². The van der Waals surface area contributed by atoms with E-state index in [0.29, 0.717) is 33.6 Å². The number of aromatic nitrogens is 4. The molecule has 0 atom stereocenters. The second-order valence-corrected chi connectivity index (χ2v) is 7.74. The number of hydrogen-bond donors (Lipinski definition) is 2. The molecule has 0 saturated carbocycles. The Morgan fingerprint density at radius 3 is 3.04 bits per heavy atom. The molecule has 3 aromatic heterocycles. The first kappa shape index (κ1) is 17.0. The maximum atomic E-state index is 12.6. The molecule has 0 spiro atoms. The van der Waals surface area contributed by atoms with E-state index in [1.165, 1.54) is 46.3 Å². The van der Waals surface area contributed by atoms with Crippen LogP contribution in [-0.2, 0) is 26.3 Å². The minimum atomic E-state index is -0.156. The van der Waals surface area contributed by atoms with Gasteiger partial charge in [0, 0.05) is 25.7 Å². The number of thiophene rings is 1. The summed E-state index contributed by atoms with van der Waals surface area (Å²) in [5.74, 6) is -0.156. The van der Waals surface area contributed by atoms with Crippen molar-refractivity contribution in [2.75, 3.05) is 6.54 Å². The number of nitrogens with one attached hydrogen (secondary N) is 2. The molecule has 1 aliphatic rings. The van der Waals surface area contributed by atoms with E-state index in [4.69, 9.17) is 0 Å². The van der Waals surface area contributed by atoms with Crippen LogP contribution in [0, 0.1) is 6.92 Å². The number of amides is 1. The lowest BCUT2D eigenvalue weighted by Gasteiger charge is -2.11. The molecule has 4 rings (SSSR count). The van der Waals surface area contributed by atoms with Crippen LogP contribution in [-0.4, -0.2) is 32.2 Å². The fourth-order valence-corrected chi connectivity index (χ4v) is 4.61. The molecule has 2 N–H and O–H groups in total. The fraction of sp³-hybridized carbons (Fsp3) is 0.444. The highest BCUT2D eigenvalue weighted by Crippen LogP contribution is 2.26. The summed E-state index contributed by atoms with van der Waals surface area (Å²) < 4.78 is 1.43. The molecule has 26 heavy (non-hydrogen) atoms. The van der Waals surface area contributed by atoms with Crippen molar-refractivity contribution in [3.05, 3.63) is 44.1 Å². The molecular formula is C18H21N5O2S. The molecule has 0 aromatic carbocycles. The maximum absolute atomic E-state index is 12.6. The molecule has 3 aromatic rings. The molecule has 8 heteroatoms. The van der Waals surface area contributed by atoms with Gasteiger partial charge in [-0.15, -0.1) is 11.3 Å². The van der Waals surface area contributed by atoms with Crippen molar-refractivity contribution in [2.24, 2.45) is 7.05 Å². The van der Waals surface area contributed by atoms with E-state index < -0.39 is 0 Å². The Bertz CT molecular complexity index is 1050. The van der Waals surface area contributed by atoms with Crippen molar-refractivity contribution in [1.82, 2.24) is 25.1 Å². The second-order valence-electron chi connectivity index (χ2n) is 6.74.